The maximum atomic E-state index is 5.66. The Balaban J connectivity index is 2.09. The van der Waals surface area contributed by atoms with Crippen LogP contribution in [0.3, 0.4) is 0 Å². The lowest BCUT2D eigenvalue weighted by Crippen LogP contribution is -2.42. The first-order chi connectivity index (χ1) is 15.5. The van der Waals surface area contributed by atoms with Crippen LogP contribution < -0.4 is 20.1 Å². The summed E-state index contributed by atoms with van der Waals surface area (Å²) in [7, 11) is 7.51. The molecule has 0 radical (unpaired) electrons. The highest BCUT2D eigenvalue weighted by atomic mass is 16.5. The minimum absolute atomic E-state index is 0.164. The number of benzene rings is 1. The van der Waals surface area contributed by atoms with E-state index in [4.69, 9.17) is 19.2 Å². The van der Waals surface area contributed by atoms with E-state index < -0.39 is 0 Å². The van der Waals surface area contributed by atoms with E-state index in [9.17, 15) is 0 Å². The number of hydrogen-bond donors (Lipinski definition) is 2. The Morgan fingerprint density at radius 3 is 2.41 bits per heavy atom. The summed E-state index contributed by atoms with van der Waals surface area (Å²) >= 11 is 0. The molecule has 0 aromatic heterocycles. The summed E-state index contributed by atoms with van der Waals surface area (Å²) in [5.41, 5.74) is 1.45. The van der Waals surface area contributed by atoms with Crippen LogP contribution in [0.25, 0.3) is 0 Å². The highest BCUT2D eigenvalue weighted by molar-refractivity contribution is 5.79. The predicted molar refractivity (Wildman–Crippen MR) is 132 cm³/mol. The zero-order chi connectivity index (χ0) is 23.4. The standard InChI is InChI=1S/C25H44N4O3/c1-7-26-24(28-19-25(13-9-10-14-25)15-16-32-8-2)27-18-21(29(3)4)20-11-12-22(30-5)23(17-20)31-6/h11-12,17,21H,7-10,13-16,18-19H2,1-6H3,(H2,26,27,28). The van der Waals surface area contributed by atoms with Gasteiger partial charge in [-0.15, -0.1) is 0 Å². The summed E-state index contributed by atoms with van der Waals surface area (Å²) in [4.78, 5) is 7.21. The fraction of sp³-hybridized carbons (Fsp3) is 0.720. The molecular formula is C25H44N4O3. The third-order valence-electron chi connectivity index (χ3n) is 6.44. The molecule has 7 heteroatoms. The molecule has 1 aliphatic rings. The van der Waals surface area contributed by atoms with Crippen LogP contribution in [0.4, 0.5) is 0 Å². The van der Waals surface area contributed by atoms with Gasteiger partial charge < -0.3 is 29.7 Å². The number of hydrogen-bond acceptors (Lipinski definition) is 5. The molecule has 2 rings (SSSR count). The summed E-state index contributed by atoms with van der Waals surface area (Å²) in [5.74, 6) is 2.36. The summed E-state index contributed by atoms with van der Waals surface area (Å²) in [6.45, 7) is 8.20. The van der Waals surface area contributed by atoms with Crippen LogP contribution >= 0.6 is 0 Å². The second-order valence-corrected chi connectivity index (χ2v) is 8.82. The minimum atomic E-state index is 0.164. The normalized spacial score (nSPS) is 16.8. The minimum Gasteiger partial charge on any atom is -0.493 e. The van der Waals surface area contributed by atoms with E-state index in [0.29, 0.717) is 0 Å². The van der Waals surface area contributed by atoms with E-state index in [2.05, 4.69) is 55.6 Å². The summed E-state index contributed by atoms with van der Waals surface area (Å²) in [6.07, 6.45) is 6.18. The predicted octanol–water partition coefficient (Wildman–Crippen LogP) is 3.85. The Kier molecular flexibility index (Phi) is 11.1. The number of nitrogens with one attached hydrogen (secondary N) is 2. The van der Waals surface area contributed by atoms with Crippen molar-refractivity contribution in [3.05, 3.63) is 23.8 Å². The lowest BCUT2D eigenvalue weighted by atomic mass is 9.83. The zero-order valence-electron chi connectivity index (χ0n) is 21.0. The number of methoxy groups -OCH3 is 2. The van der Waals surface area contributed by atoms with Crippen LogP contribution in [0.15, 0.2) is 23.2 Å². The van der Waals surface area contributed by atoms with Crippen molar-refractivity contribution >= 4 is 5.96 Å². The van der Waals surface area contributed by atoms with Crippen molar-refractivity contribution in [3.63, 3.8) is 0 Å². The molecule has 1 atom stereocenters. The van der Waals surface area contributed by atoms with E-state index in [1.54, 1.807) is 14.2 Å². The smallest absolute Gasteiger partial charge is 0.191 e. The van der Waals surface area contributed by atoms with Gasteiger partial charge in [0.15, 0.2) is 17.5 Å². The van der Waals surface area contributed by atoms with Crippen LogP contribution in [0, 0.1) is 5.41 Å². The third kappa shape index (κ3) is 7.55. The molecule has 0 aliphatic heterocycles. The van der Waals surface area contributed by atoms with E-state index in [-0.39, 0.29) is 11.5 Å². The quantitative estimate of drug-likeness (QED) is 0.271. The van der Waals surface area contributed by atoms with Crippen LogP contribution in [0.5, 0.6) is 11.5 Å². The average Bonchev–Trinajstić information content (AvgIpc) is 3.26. The van der Waals surface area contributed by atoms with E-state index >= 15 is 0 Å². The van der Waals surface area contributed by atoms with Crippen LogP contribution in [-0.2, 0) is 4.74 Å². The topological polar surface area (TPSA) is 67.4 Å². The molecule has 1 aliphatic carbocycles. The van der Waals surface area contributed by atoms with Gasteiger partial charge in [-0.3, -0.25) is 4.99 Å². The Hall–Kier alpha value is -1.99. The van der Waals surface area contributed by atoms with Gasteiger partial charge in [-0.05, 0) is 70.3 Å². The monoisotopic (exact) mass is 448 g/mol. The van der Waals surface area contributed by atoms with Crippen LogP contribution in [0.1, 0.15) is 57.6 Å². The molecule has 1 unspecified atom stereocenters. The molecule has 2 N–H and O–H groups in total. The average molecular weight is 449 g/mol. The third-order valence-corrected chi connectivity index (χ3v) is 6.44. The van der Waals surface area contributed by atoms with Gasteiger partial charge in [-0.1, -0.05) is 18.9 Å². The van der Waals surface area contributed by atoms with Crippen molar-refractivity contribution < 1.29 is 14.2 Å². The van der Waals surface area contributed by atoms with Crippen molar-refractivity contribution in [2.24, 2.45) is 10.4 Å². The van der Waals surface area contributed by atoms with Crippen molar-refractivity contribution in [1.82, 2.24) is 15.5 Å². The maximum absolute atomic E-state index is 5.66. The highest BCUT2D eigenvalue weighted by Crippen LogP contribution is 2.41. The van der Waals surface area contributed by atoms with Gasteiger partial charge in [-0.2, -0.15) is 0 Å². The fourth-order valence-corrected chi connectivity index (χ4v) is 4.49. The molecule has 1 fully saturated rings. The Labute approximate surface area is 194 Å². The molecule has 182 valence electrons. The number of rotatable bonds is 13. The number of nitrogens with zero attached hydrogens (tertiary/aromatic N) is 2. The molecule has 0 heterocycles. The Bertz CT molecular complexity index is 702. The summed E-state index contributed by atoms with van der Waals surface area (Å²) in [5, 5.41) is 6.99. The molecule has 1 saturated carbocycles. The van der Waals surface area contributed by atoms with E-state index in [0.717, 1.165) is 56.7 Å². The number of ether oxygens (including phenoxy) is 3. The van der Waals surface area contributed by atoms with Gasteiger partial charge in [0.1, 0.15) is 0 Å². The van der Waals surface area contributed by atoms with Gasteiger partial charge >= 0.3 is 0 Å². The van der Waals surface area contributed by atoms with Gasteiger partial charge in [0.05, 0.1) is 20.3 Å². The molecular weight excluding hydrogens is 404 g/mol. The summed E-state index contributed by atoms with van der Waals surface area (Å²) < 4.78 is 16.6. The van der Waals surface area contributed by atoms with Gasteiger partial charge in [0.2, 0.25) is 0 Å². The van der Waals surface area contributed by atoms with Gasteiger partial charge in [0, 0.05) is 32.8 Å². The first-order valence-corrected chi connectivity index (χ1v) is 12.0. The molecule has 7 nitrogen and oxygen atoms in total. The lowest BCUT2D eigenvalue weighted by molar-refractivity contribution is 0.107. The second-order valence-electron chi connectivity index (χ2n) is 8.82. The summed E-state index contributed by atoms with van der Waals surface area (Å²) in [6, 6.07) is 6.28. The first-order valence-electron chi connectivity index (χ1n) is 12.0. The molecule has 1 aromatic rings. The highest BCUT2D eigenvalue weighted by Gasteiger charge is 2.33. The number of aliphatic imine (C=N–C) groups is 1. The molecule has 0 bridgehead atoms. The molecule has 0 spiro atoms. The molecule has 1 aromatic carbocycles. The molecule has 0 saturated heterocycles. The van der Waals surface area contributed by atoms with Crippen molar-refractivity contribution in [1.29, 1.82) is 0 Å². The van der Waals surface area contributed by atoms with Crippen molar-refractivity contribution in [2.45, 2.75) is 52.0 Å². The van der Waals surface area contributed by atoms with Crippen LogP contribution in [0.2, 0.25) is 0 Å². The SMILES string of the molecule is CCNC(=NCC1(CCOCC)CCCC1)NCC(c1ccc(OC)c(OC)c1)N(C)C. The first kappa shape index (κ1) is 26.3. The zero-order valence-corrected chi connectivity index (χ0v) is 21.0. The largest absolute Gasteiger partial charge is 0.493 e. The number of likely N-dealkylation sites (N-methyl/N-ethyl adjacent to an activating group) is 1. The molecule has 0 amide bonds. The van der Waals surface area contributed by atoms with Gasteiger partial charge in [-0.25, -0.2) is 0 Å². The Morgan fingerprint density at radius 1 is 1.09 bits per heavy atom. The number of guanidine groups is 1. The van der Waals surface area contributed by atoms with Crippen molar-refractivity contribution in [2.75, 3.05) is 61.2 Å². The maximum Gasteiger partial charge on any atom is 0.191 e. The Morgan fingerprint density at radius 2 is 1.81 bits per heavy atom. The van der Waals surface area contributed by atoms with Crippen LogP contribution in [-0.4, -0.2) is 72.0 Å². The van der Waals surface area contributed by atoms with Crippen molar-refractivity contribution in [3.8, 4) is 11.5 Å². The molecule has 32 heavy (non-hydrogen) atoms. The van der Waals surface area contributed by atoms with Gasteiger partial charge in [0.25, 0.3) is 0 Å². The van der Waals surface area contributed by atoms with E-state index in [1.807, 2.05) is 6.07 Å². The fourth-order valence-electron chi connectivity index (χ4n) is 4.49. The van der Waals surface area contributed by atoms with E-state index in [1.165, 1.54) is 31.2 Å². The lowest BCUT2D eigenvalue weighted by Gasteiger charge is -2.29. The second kappa shape index (κ2) is 13.5.